The molecule has 23 heavy (non-hydrogen) atoms. The van der Waals surface area contributed by atoms with Gasteiger partial charge in [-0.05, 0) is 25.0 Å². The van der Waals surface area contributed by atoms with Gasteiger partial charge in [0.25, 0.3) is 5.69 Å². The zero-order valence-electron chi connectivity index (χ0n) is 12.6. The maximum absolute atomic E-state index is 11.3. The van der Waals surface area contributed by atoms with Crippen molar-refractivity contribution in [1.29, 1.82) is 0 Å². The van der Waals surface area contributed by atoms with Gasteiger partial charge in [-0.1, -0.05) is 0 Å². The van der Waals surface area contributed by atoms with E-state index in [-0.39, 0.29) is 28.5 Å². The van der Waals surface area contributed by atoms with Crippen LogP contribution in [0.25, 0.3) is 0 Å². The van der Waals surface area contributed by atoms with Crippen molar-refractivity contribution in [2.24, 2.45) is 5.14 Å². The van der Waals surface area contributed by atoms with E-state index in [4.69, 9.17) is 14.6 Å². The number of primary sulfonamides is 1. The van der Waals surface area contributed by atoms with Crippen molar-refractivity contribution >= 4 is 21.4 Å². The Morgan fingerprint density at radius 1 is 1.48 bits per heavy atom. The van der Waals surface area contributed by atoms with Crippen LogP contribution in [0.3, 0.4) is 0 Å². The molecule has 1 aliphatic heterocycles. The van der Waals surface area contributed by atoms with E-state index >= 15 is 0 Å². The van der Waals surface area contributed by atoms with Crippen LogP contribution >= 0.6 is 0 Å². The summed E-state index contributed by atoms with van der Waals surface area (Å²) < 4.78 is 33.4. The molecule has 1 saturated heterocycles. The topological polar surface area (TPSA) is 134 Å². The summed E-state index contributed by atoms with van der Waals surface area (Å²) in [5.41, 5.74) is -0.123. The molecule has 0 aromatic heterocycles. The summed E-state index contributed by atoms with van der Waals surface area (Å²) in [6, 6.07) is 3.51. The van der Waals surface area contributed by atoms with Gasteiger partial charge in [-0.2, -0.15) is 0 Å². The molecule has 10 heteroatoms. The molecule has 0 saturated carbocycles. The first-order valence-corrected chi connectivity index (χ1v) is 8.55. The fraction of sp³-hybridized carbons (Fsp3) is 0.538. The Morgan fingerprint density at radius 2 is 2.22 bits per heavy atom. The minimum Gasteiger partial charge on any atom is -0.379 e. The summed E-state index contributed by atoms with van der Waals surface area (Å²) in [6.07, 6.45) is 1.62. The first kappa shape index (κ1) is 17.6. The van der Waals surface area contributed by atoms with E-state index in [0.29, 0.717) is 13.2 Å². The molecule has 0 bridgehead atoms. The molecule has 3 N–H and O–H groups in total. The highest BCUT2D eigenvalue weighted by molar-refractivity contribution is 7.89. The number of nitrogens with zero attached hydrogens (tertiary/aromatic N) is 1. The van der Waals surface area contributed by atoms with E-state index in [0.717, 1.165) is 18.9 Å². The summed E-state index contributed by atoms with van der Waals surface area (Å²) in [7, 11) is -2.36. The van der Waals surface area contributed by atoms with Gasteiger partial charge in [0.05, 0.1) is 28.6 Å². The van der Waals surface area contributed by atoms with Crippen LogP contribution in [-0.4, -0.2) is 45.8 Å². The van der Waals surface area contributed by atoms with Gasteiger partial charge >= 0.3 is 0 Å². The Bertz CT molecular complexity index is 670. The van der Waals surface area contributed by atoms with Crippen molar-refractivity contribution in [3.05, 3.63) is 28.3 Å². The summed E-state index contributed by atoms with van der Waals surface area (Å²) in [4.78, 5) is 10.2. The number of nitrogens with two attached hydrogens (primary N) is 1. The fourth-order valence-electron chi connectivity index (χ4n) is 2.34. The Labute approximate surface area is 134 Å². The molecule has 128 valence electrons. The highest BCUT2D eigenvalue weighted by Gasteiger charge is 2.23. The molecule has 0 radical (unpaired) electrons. The number of ether oxygens (including phenoxy) is 2. The number of nitrogens with one attached hydrogen (secondary N) is 1. The number of methoxy groups -OCH3 is 1. The molecule has 2 atom stereocenters. The van der Waals surface area contributed by atoms with Crippen LogP contribution < -0.4 is 10.5 Å². The van der Waals surface area contributed by atoms with Crippen molar-refractivity contribution in [3.8, 4) is 0 Å². The van der Waals surface area contributed by atoms with Crippen LogP contribution in [0, 0.1) is 10.1 Å². The van der Waals surface area contributed by atoms with Crippen LogP contribution in [0.4, 0.5) is 11.4 Å². The highest BCUT2D eigenvalue weighted by Crippen LogP contribution is 2.27. The minimum atomic E-state index is -3.99. The van der Waals surface area contributed by atoms with Crippen LogP contribution in [-0.2, 0) is 19.5 Å². The van der Waals surface area contributed by atoms with E-state index < -0.39 is 14.9 Å². The molecule has 2 rings (SSSR count). The third-order valence-electron chi connectivity index (χ3n) is 3.68. The predicted molar refractivity (Wildman–Crippen MR) is 82.7 cm³/mol. The van der Waals surface area contributed by atoms with Gasteiger partial charge < -0.3 is 14.8 Å². The van der Waals surface area contributed by atoms with Gasteiger partial charge in [0, 0.05) is 19.7 Å². The minimum absolute atomic E-state index is 0.0784. The van der Waals surface area contributed by atoms with Crippen molar-refractivity contribution in [3.63, 3.8) is 0 Å². The molecule has 1 fully saturated rings. The predicted octanol–water partition coefficient (Wildman–Crippen LogP) is 0.848. The second-order valence-electron chi connectivity index (χ2n) is 5.25. The van der Waals surface area contributed by atoms with Crippen LogP contribution in [0.15, 0.2) is 23.1 Å². The molecule has 9 nitrogen and oxygen atoms in total. The van der Waals surface area contributed by atoms with Crippen molar-refractivity contribution in [1.82, 2.24) is 0 Å². The number of nitro groups is 1. The third kappa shape index (κ3) is 4.61. The van der Waals surface area contributed by atoms with Crippen LogP contribution in [0.2, 0.25) is 0 Å². The summed E-state index contributed by atoms with van der Waals surface area (Å²) >= 11 is 0. The van der Waals surface area contributed by atoms with E-state index in [1.54, 1.807) is 7.11 Å². The zero-order chi connectivity index (χ0) is 17.0. The van der Waals surface area contributed by atoms with Gasteiger partial charge in [-0.3, -0.25) is 10.1 Å². The molecule has 0 spiro atoms. The lowest BCUT2D eigenvalue weighted by atomic mass is 10.1. The molecule has 1 aromatic carbocycles. The molecule has 0 aliphatic carbocycles. The van der Waals surface area contributed by atoms with Crippen molar-refractivity contribution in [2.45, 2.75) is 29.9 Å². The molecule has 0 unspecified atom stereocenters. The maximum Gasteiger partial charge on any atom is 0.293 e. The van der Waals surface area contributed by atoms with Gasteiger partial charge in [0.1, 0.15) is 5.69 Å². The van der Waals surface area contributed by atoms with E-state index in [2.05, 4.69) is 5.32 Å². The summed E-state index contributed by atoms with van der Waals surface area (Å²) in [6.45, 7) is 0.862. The smallest absolute Gasteiger partial charge is 0.293 e. The fourth-order valence-corrected chi connectivity index (χ4v) is 2.88. The lowest BCUT2D eigenvalue weighted by molar-refractivity contribution is -0.384. The quantitative estimate of drug-likeness (QED) is 0.576. The number of hydrogen-bond acceptors (Lipinski definition) is 7. The standard InChI is InChI=1S/C13H19N3O6S/c1-21-10-3-2-9(22-8-10)7-15-12-5-4-11(23(14,19)20)6-13(12)16(17)18/h4-6,9-10,15H,2-3,7-8H2,1H3,(H2,14,19,20)/t9-,10+/m0/s1. The van der Waals surface area contributed by atoms with Crippen LogP contribution in [0.1, 0.15) is 12.8 Å². The third-order valence-corrected chi connectivity index (χ3v) is 4.59. The highest BCUT2D eigenvalue weighted by atomic mass is 32.2. The Hall–Kier alpha value is -1.75. The van der Waals surface area contributed by atoms with Gasteiger partial charge in [0.15, 0.2) is 0 Å². The Balaban J connectivity index is 2.06. The Morgan fingerprint density at radius 3 is 2.74 bits per heavy atom. The first-order valence-electron chi connectivity index (χ1n) is 7.00. The monoisotopic (exact) mass is 345 g/mol. The van der Waals surface area contributed by atoms with E-state index in [1.165, 1.54) is 12.1 Å². The van der Waals surface area contributed by atoms with Crippen LogP contribution in [0.5, 0.6) is 0 Å². The molecule has 1 heterocycles. The number of rotatable bonds is 6. The Kier molecular flexibility index (Phi) is 5.52. The SMILES string of the molecule is CO[C@@H]1CC[C@@H](CNc2ccc(S(N)(=O)=O)cc2[N+](=O)[O-])OC1. The molecule has 1 aliphatic rings. The summed E-state index contributed by atoms with van der Waals surface area (Å²) in [5, 5.41) is 19.0. The molecular formula is C13H19N3O6S. The molecular weight excluding hydrogens is 326 g/mol. The maximum atomic E-state index is 11.3. The van der Waals surface area contributed by atoms with Crippen molar-refractivity contribution < 1.29 is 22.8 Å². The van der Waals surface area contributed by atoms with Gasteiger partial charge in [-0.15, -0.1) is 0 Å². The number of hydrogen-bond donors (Lipinski definition) is 2. The van der Waals surface area contributed by atoms with Gasteiger partial charge in [0.2, 0.25) is 10.0 Å². The van der Waals surface area contributed by atoms with Gasteiger partial charge in [-0.25, -0.2) is 13.6 Å². The lowest BCUT2D eigenvalue weighted by Gasteiger charge is -2.28. The van der Waals surface area contributed by atoms with Crippen molar-refractivity contribution in [2.75, 3.05) is 25.6 Å². The largest absolute Gasteiger partial charge is 0.379 e. The normalized spacial score (nSPS) is 21.8. The lowest BCUT2D eigenvalue weighted by Crippen LogP contribution is -2.34. The average molecular weight is 345 g/mol. The molecule has 0 amide bonds. The average Bonchev–Trinajstić information content (AvgIpc) is 2.52. The zero-order valence-corrected chi connectivity index (χ0v) is 13.4. The number of sulfonamides is 1. The summed E-state index contributed by atoms with van der Waals surface area (Å²) in [5.74, 6) is 0. The van der Waals surface area contributed by atoms with E-state index in [9.17, 15) is 18.5 Å². The second kappa shape index (κ2) is 7.21. The molecule has 1 aromatic rings. The van der Waals surface area contributed by atoms with E-state index in [1.807, 2.05) is 0 Å². The number of benzene rings is 1. The second-order valence-corrected chi connectivity index (χ2v) is 6.81. The first-order chi connectivity index (χ1) is 10.8. The number of nitro benzene ring substituents is 1. The number of anilines is 1.